The van der Waals surface area contributed by atoms with Crippen molar-refractivity contribution in [2.24, 2.45) is 0 Å². The highest BCUT2D eigenvalue weighted by atomic mass is 79.9. The molecule has 13 heavy (non-hydrogen) atoms. The van der Waals surface area contributed by atoms with Crippen LogP contribution in [0.3, 0.4) is 0 Å². The molecule has 0 atom stereocenters. The van der Waals surface area contributed by atoms with Crippen LogP contribution in [0, 0.1) is 11.3 Å². The van der Waals surface area contributed by atoms with Gasteiger partial charge < -0.3 is 0 Å². The Balaban J connectivity index is 2.85. The fraction of sp³-hybridized carbons (Fsp3) is 0.300. The Labute approximate surface area is 85.3 Å². The van der Waals surface area contributed by atoms with Gasteiger partial charge in [-0.15, -0.1) is 0 Å². The third-order valence-corrected chi connectivity index (χ3v) is 2.54. The van der Waals surface area contributed by atoms with Gasteiger partial charge in [-0.1, -0.05) is 28.1 Å². The van der Waals surface area contributed by atoms with Crippen molar-refractivity contribution in [2.45, 2.75) is 19.5 Å². The summed E-state index contributed by atoms with van der Waals surface area (Å²) in [6.07, 6.45) is 1.14. The van der Waals surface area contributed by atoms with E-state index in [2.05, 4.69) is 22.0 Å². The second-order valence-corrected chi connectivity index (χ2v) is 3.57. The molecule has 0 aromatic heterocycles. The third kappa shape index (κ3) is 2.82. The van der Waals surface area contributed by atoms with Gasteiger partial charge in [-0.2, -0.15) is 5.26 Å². The minimum atomic E-state index is -0.452. The molecule has 0 N–H and O–H groups in total. The molecule has 3 heteroatoms. The van der Waals surface area contributed by atoms with Crippen molar-refractivity contribution in [1.29, 1.82) is 5.26 Å². The molecule has 0 saturated heterocycles. The topological polar surface area (TPSA) is 23.8 Å². The number of nitrogens with zero attached hydrogens (tertiary/aromatic N) is 1. The maximum atomic E-state index is 12.3. The number of benzene rings is 1. The zero-order valence-corrected chi connectivity index (χ0v) is 8.64. The van der Waals surface area contributed by atoms with Crippen LogP contribution < -0.4 is 0 Å². The predicted molar refractivity (Wildman–Crippen MR) is 52.9 cm³/mol. The molecule has 0 unspecified atom stereocenters. The van der Waals surface area contributed by atoms with Crippen LogP contribution in [0.5, 0.6) is 0 Å². The number of alkyl halides is 1. The predicted octanol–water partition coefficient (Wildman–Crippen LogP) is 3.37. The Bertz CT molecular complexity index is 330. The van der Waals surface area contributed by atoms with Crippen molar-refractivity contribution in [3.05, 3.63) is 33.8 Å². The molecule has 0 saturated carbocycles. The van der Waals surface area contributed by atoms with Crippen molar-refractivity contribution < 1.29 is 4.39 Å². The lowest BCUT2D eigenvalue weighted by molar-refractivity contribution is 0.485. The first-order chi connectivity index (χ1) is 6.27. The lowest BCUT2D eigenvalue weighted by Crippen LogP contribution is -1.88. The number of halogens is 2. The first-order valence-electron chi connectivity index (χ1n) is 3.98. The monoisotopic (exact) mass is 241 g/mol. The highest BCUT2D eigenvalue weighted by Crippen LogP contribution is 2.20. The third-order valence-electron chi connectivity index (χ3n) is 1.77. The summed E-state index contributed by atoms with van der Waals surface area (Å²) in [7, 11) is 0. The zero-order valence-electron chi connectivity index (χ0n) is 7.06. The largest absolute Gasteiger partial charge is 0.246 e. The SMILES string of the molecule is N#CCCc1cc(CF)ccc1Br. The Morgan fingerprint density at radius 3 is 2.85 bits per heavy atom. The van der Waals surface area contributed by atoms with E-state index in [1.807, 2.05) is 6.07 Å². The van der Waals surface area contributed by atoms with E-state index in [1.165, 1.54) is 0 Å². The van der Waals surface area contributed by atoms with E-state index in [1.54, 1.807) is 12.1 Å². The van der Waals surface area contributed by atoms with Crippen molar-refractivity contribution in [3.63, 3.8) is 0 Å². The average Bonchev–Trinajstić information content (AvgIpc) is 2.17. The maximum Gasteiger partial charge on any atom is 0.115 e. The van der Waals surface area contributed by atoms with E-state index >= 15 is 0 Å². The number of rotatable bonds is 3. The molecule has 0 spiro atoms. The van der Waals surface area contributed by atoms with Crippen LogP contribution in [-0.4, -0.2) is 0 Å². The minimum absolute atomic E-state index is 0.452. The van der Waals surface area contributed by atoms with Gasteiger partial charge in [0.25, 0.3) is 0 Å². The molecule has 1 nitrogen and oxygen atoms in total. The molecule has 0 radical (unpaired) electrons. The van der Waals surface area contributed by atoms with E-state index in [0.29, 0.717) is 18.4 Å². The summed E-state index contributed by atoms with van der Waals surface area (Å²) in [5.41, 5.74) is 1.66. The number of hydrogen-bond acceptors (Lipinski definition) is 1. The van der Waals surface area contributed by atoms with Crippen molar-refractivity contribution in [3.8, 4) is 6.07 Å². The average molecular weight is 242 g/mol. The molecule has 0 bridgehead atoms. The van der Waals surface area contributed by atoms with Crippen LogP contribution in [0.15, 0.2) is 22.7 Å². The van der Waals surface area contributed by atoms with Gasteiger partial charge in [0.2, 0.25) is 0 Å². The first kappa shape index (κ1) is 10.2. The quantitative estimate of drug-likeness (QED) is 0.797. The minimum Gasteiger partial charge on any atom is -0.246 e. The summed E-state index contributed by atoms with van der Waals surface area (Å²) < 4.78 is 13.2. The van der Waals surface area contributed by atoms with Crippen LogP contribution in [0.1, 0.15) is 17.5 Å². The lowest BCUT2D eigenvalue weighted by Gasteiger charge is -2.03. The fourth-order valence-corrected chi connectivity index (χ4v) is 1.54. The molecule has 0 heterocycles. The number of nitriles is 1. The Kier molecular flexibility index (Phi) is 3.91. The summed E-state index contributed by atoms with van der Waals surface area (Å²) >= 11 is 3.36. The Morgan fingerprint density at radius 1 is 1.46 bits per heavy atom. The highest BCUT2D eigenvalue weighted by Gasteiger charge is 2.01. The van der Waals surface area contributed by atoms with E-state index in [9.17, 15) is 4.39 Å². The Hall–Kier alpha value is -0.880. The van der Waals surface area contributed by atoms with Gasteiger partial charge in [-0.3, -0.25) is 0 Å². The summed E-state index contributed by atoms with van der Waals surface area (Å²) in [6.45, 7) is -0.452. The van der Waals surface area contributed by atoms with E-state index < -0.39 is 6.67 Å². The molecule has 68 valence electrons. The Morgan fingerprint density at radius 2 is 2.23 bits per heavy atom. The summed E-state index contributed by atoms with van der Waals surface area (Å²) in [5, 5.41) is 8.41. The molecule has 0 aliphatic carbocycles. The second kappa shape index (κ2) is 4.98. The second-order valence-electron chi connectivity index (χ2n) is 2.72. The van der Waals surface area contributed by atoms with Crippen LogP contribution in [0.2, 0.25) is 0 Å². The molecule has 0 fully saturated rings. The molecular weight excluding hydrogens is 233 g/mol. The van der Waals surface area contributed by atoms with Gasteiger partial charge in [0.15, 0.2) is 0 Å². The molecule has 0 aliphatic heterocycles. The smallest absolute Gasteiger partial charge is 0.115 e. The summed E-state index contributed by atoms with van der Waals surface area (Å²) in [5.74, 6) is 0. The maximum absolute atomic E-state index is 12.3. The van der Waals surface area contributed by atoms with Crippen molar-refractivity contribution >= 4 is 15.9 Å². The van der Waals surface area contributed by atoms with Gasteiger partial charge >= 0.3 is 0 Å². The van der Waals surface area contributed by atoms with Crippen molar-refractivity contribution in [2.75, 3.05) is 0 Å². The van der Waals surface area contributed by atoms with Gasteiger partial charge in [-0.05, 0) is 23.6 Å². The molecule has 1 rings (SSSR count). The van der Waals surface area contributed by atoms with Gasteiger partial charge in [0.1, 0.15) is 6.67 Å². The van der Waals surface area contributed by atoms with Crippen molar-refractivity contribution in [1.82, 2.24) is 0 Å². The van der Waals surface area contributed by atoms with Crippen LogP contribution in [0.25, 0.3) is 0 Å². The van der Waals surface area contributed by atoms with Gasteiger partial charge in [-0.25, -0.2) is 4.39 Å². The molecular formula is C10H9BrFN. The van der Waals surface area contributed by atoms with E-state index in [-0.39, 0.29) is 0 Å². The van der Waals surface area contributed by atoms with Crippen LogP contribution in [0.4, 0.5) is 4.39 Å². The standard InChI is InChI=1S/C10H9BrFN/c11-10-4-3-8(7-12)6-9(10)2-1-5-13/h3-4,6H,1-2,7H2. The number of aryl methyl sites for hydroxylation is 1. The number of hydrogen-bond donors (Lipinski definition) is 0. The fourth-order valence-electron chi connectivity index (χ4n) is 1.09. The van der Waals surface area contributed by atoms with Crippen LogP contribution >= 0.6 is 15.9 Å². The van der Waals surface area contributed by atoms with E-state index in [4.69, 9.17) is 5.26 Å². The molecule has 1 aromatic rings. The van der Waals surface area contributed by atoms with Crippen LogP contribution in [-0.2, 0) is 13.1 Å². The molecule has 1 aromatic carbocycles. The summed E-state index contributed by atoms with van der Waals surface area (Å²) in [6, 6.07) is 7.42. The van der Waals surface area contributed by atoms with Gasteiger partial charge in [0.05, 0.1) is 6.07 Å². The van der Waals surface area contributed by atoms with Gasteiger partial charge in [0, 0.05) is 10.9 Å². The first-order valence-corrected chi connectivity index (χ1v) is 4.77. The molecule has 0 aliphatic rings. The zero-order chi connectivity index (χ0) is 9.68. The van der Waals surface area contributed by atoms with E-state index in [0.717, 1.165) is 10.0 Å². The molecule has 0 amide bonds. The highest BCUT2D eigenvalue weighted by molar-refractivity contribution is 9.10. The summed E-state index contributed by atoms with van der Waals surface area (Å²) in [4.78, 5) is 0. The normalized spacial score (nSPS) is 9.62. The lowest BCUT2D eigenvalue weighted by atomic mass is 10.1.